The van der Waals surface area contributed by atoms with Crippen molar-refractivity contribution in [1.29, 1.82) is 0 Å². The van der Waals surface area contributed by atoms with Gasteiger partial charge in [0.25, 0.3) is 0 Å². The van der Waals surface area contributed by atoms with E-state index in [0.29, 0.717) is 17.1 Å². The summed E-state index contributed by atoms with van der Waals surface area (Å²) < 4.78 is 52.7. The van der Waals surface area contributed by atoms with Crippen LogP contribution in [0.25, 0.3) is 0 Å². The van der Waals surface area contributed by atoms with Crippen molar-refractivity contribution in [3.63, 3.8) is 0 Å². The fourth-order valence-corrected chi connectivity index (χ4v) is 1.99. The Hall–Kier alpha value is -0.950. The van der Waals surface area contributed by atoms with Crippen LogP contribution in [-0.4, -0.2) is 25.1 Å². The number of ether oxygens (including phenoxy) is 1. The van der Waals surface area contributed by atoms with Gasteiger partial charge >= 0.3 is 6.18 Å². The second-order valence-electron chi connectivity index (χ2n) is 3.55. The van der Waals surface area contributed by atoms with Crippen LogP contribution < -0.4 is 5.73 Å². The molecule has 0 aliphatic heterocycles. The van der Waals surface area contributed by atoms with Gasteiger partial charge in [0.1, 0.15) is 12.4 Å². The van der Waals surface area contributed by atoms with Gasteiger partial charge in [-0.1, -0.05) is 0 Å². The van der Waals surface area contributed by atoms with E-state index < -0.39 is 18.6 Å². The first-order valence-corrected chi connectivity index (χ1v) is 6.19. The summed E-state index contributed by atoms with van der Waals surface area (Å²) in [6, 6.07) is 4.42. The van der Waals surface area contributed by atoms with E-state index in [0.717, 1.165) is 0 Å². The highest BCUT2D eigenvalue weighted by atomic mass is 32.2. The first kappa shape index (κ1) is 15.1. The zero-order chi connectivity index (χ0) is 13.6. The summed E-state index contributed by atoms with van der Waals surface area (Å²) in [6.07, 6.45) is -3.82. The van der Waals surface area contributed by atoms with Crippen molar-refractivity contribution in [2.24, 2.45) is 0 Å². The van der Waals surface area contributed by atoms with Gasteiger partial charge in [-0.05, 0) is 24.6 Å². The zero-order valence-electron chi connectivity index (χ0n) is 9.47. The van der Waals surface area contributed by atoms with Crippen molar-refractivity contribution in [2.45, 2.75) is 17.5 Å². The van der Waals surface area contributed by atoms with Crippen molar-refractivity contribution in [3.05, 3.63) is 24.0 Å². The molecule has 0 radical (unpaired) electrons. The molecule has 2 nitrogen and oxygen atoms in total. The number of hydrogen-bond acceptors (Lipinski definition) is 3. The van der Waals surface area contributed by atoms with E-state index in [1.165, 1.54) is 23.9 Å². The Balaban J connectivity index is 2.16. The number of halogens is 4. The molecule has 0 aliphatic rings. The Morgan fingerprint density at radius 2 is 2.00 bits per heavy atom. The summed E-state index contributed by atoms with van der Waals surface area (Å²) in [5.41, 5.74) is 5.39. The van der Waals surface area contributed by atoms with Crippen molar-refractivity contribution in [2.75, 3.05) is 24.7 Å². The molecule has 7 heteroatoms. The van der Waals surface area contributed by atoms with Gasteiger partial charge in [0, 0.05) is 17.3 Å². The number of thioether (sulfide) groups is 1. The fraction of sp³-hybridized carbons (Fsp3) is 0.455. The molecule has 1 aromatic carbocycles. The summed E-state index contributed by atoms with van der Waals surface area (Å²) in [7, 11) is 0. The standard InChI is InChI=1S/C11H13F4NOS/c12-9-6-8(2-3-10(9)16)18-5-1-4-17-7-11(13,14)15/h2-3,6H,1,4-5,7,16H2. The quantitative estimate of drug-likeness (QED) is 0.376. The largest absolute Gasteiger partial charge is 0.411 e. The molecule has 0 atom stereocenters. The van der Waals surface area contributed by atoms with Gasteiger partial charge < -0.3 is 10.5 Å². The molecule has 102 valence electrons. The molecule has 0 aliphatic carbocycles. The molecule has 1 rings (SSSR count). The molecule has 0 spiro atoms. The lowest BCUT2D eigenvalue weighted by atomic mass is 10.3. The number of benzene rings is 1. The molecular formula is C11H13F4NOS. The average molecular weight is 283 g/mol. The third kappa shape index (κ3) is 6.11. The van der Waals surface area contributed by atoms with Crippen LogP contribution >= 0.6 is 11.8 Å². The van der Waals surface area contributed by atoms with Crippen molar-refractivity contribution in [1.82, 2.24) is 0 Å². The first-order chi connectivity index (χ1) is 8.38. The highest BCUT2D eigenvalue weighted by Gasteiger charge is 2.27. The van der Waals surface area contributed by atoms with E-state index in [4.69, 9.17) is 5.73 Å². The van der Waals surface area contributed by atoms with Gasteiger partial charge in [-0.2, -0.15) is 13.2 Å². The Labute approximate surface area is 106 Å². The SMILES string of the molecule is Nc1ccc(SCCCOCC(F)(F)F)cc1F. The summed E-state index contributed by atoms with van der Waals surface area (Å²) >= 11 is 1.34. The van der Waals surface area contributed by atoms with E-state index in [9.17, 15) is 17.6 Å². The van der Waals surface area contributed by atoms with E-state index in [1.54, 1.807) is 6.07 Å². The summed E-state index contributed by atoms with van der Waals surface area (Å²) in [5.74, 6) is 0.0645. The number of anilines is 1. The maximum atomic E-state index is 13.1. The molecule has 0 saturated heterocycles. The van der Waals surface area contributed by atoms with E-state index >= 15 is 0 Å². The Kier molecular flexibility index (Phi) is 5.74. The number of rotatable bonds is 6. The second kappa shape index (κ2) is 6.84. The van der Waals surface area contributed by atoms with Crippen LogP contribution in [0.4, 0.5) is 23.2 Å². The number of nitrogens with two attached hydrogens (primary N) is 1. The molecule has 0 heterocycles. The highest BCUT2D eigenvalue weighted by Crippen LogP contribution is 2.22. The topological polar surface area (TPSA) is 35.2 Å². The Morgan fingerprint density at radius 1 is 1.28 bits per heavy atom. The van der Waals surface area contributed by atoms with E-state index in [1.807, 2.05) is 0 Å². The third-order valence-electron chi connectivity index (χ3n) is 1.94. The van der Waals surface area contributed by atoms with Crippen LogP contribution in [0.5, 0.6) is 0 Å². The number of alkyl halides is 3. The summed E-state index contributed by atoms with van der Waals surface area (Å²) in [4.78, 5) is 0.692. The molecule has 0 unspecified atom stereocenters. The van der Waals surface area contributed by atoms with E-state index in [-0.39, 0.29) is 12.3 Å². The molecule has 1 aromatic rings. The van der Waals surface area contributed by atoms with Crippen LogP contribution in [0.1, 0.15) is 6.42 Å². The lowest BCUT2D eigenvalue weighted by Crippen LogP contribution is -2.17. The van der Waals surface area contributed by atoms with Crippen LogP contribution in [0.15, 0.2) is 23.1 Å². The minimum atomic E-state index is -4.28. The van der Waals surface area contributed by atoms with Crippen molar-refractivity contribution in [3.8, 4) is 0 Å². The van der Waals surface area contributed by atoms with Gasteiger partial charge in [0.05, 0.1) is 5.69 Å². The molecule has 0 fully saturated rings. The predicted octanol–water partition coefficient (Wildman–Crippen LogP) is 3.47. The maximum absolute atomic E-state index is 13.1. The average Bonchev–Trinajstić information content (AvgIpc) is 2.26. The minimum Gasteiger partial charge on any atom is -0.396 e. The van der Waals surface area contributed by atoms with Gasteiger partial charge in [-0.3, -0.25) is 0 Å². The molecule has 2 N–H and O–H groups in total. The normalized spacial score (nSPS) is 11.8. The van der Waals surface area contributed by atoms with Gasteiger partial charge in [0.15, 0.2) is 0 Å². The van der Waals surface area contributed by atoms with Gasteiger partial charge in [0.2, 0.25) is 0 Å². The predicted molar refractivity (Wildman–Crippen MR) is 63.0 cm³/mol. The fourth-order valence-electron chi connectivity index (χ4n) is 1.14. The van der Waals surface area contributed by atoms with Gasteiger partial charge in [-0.15, -0.1) is 11.8 Å². The van der Waals surface area contributed by atoms with Crippen LogP contribution in [0, 0.1) is 5.82 Å². The maximum Gasteiger partial charge on any atom is 0.411 e. The first-order valence-electron chi connectivity index (χ1n) is 5.21. The lowest BCUT2D eigenvalue weighted by molar-refractivity contribution is -0.173. The molecule has 0 amide bonds. The third-order valence-corrected chi connectivity index (χ3v) is 3.02. The minimum absolute atomic E-state index is 0.0317. The molecule has 18 heavy (non-hydrogen) atoms. The number of nitrogen functional groups attached to an aromatic ring is 1. The molecule has 0 saturated carbocycles. The monoisotopic (exact) mass is 283 g/mol. The second-order valence-corrected chi connectivity index (χ2v) is 4.72. The Bertz CT molecular complexity index is 384. The summed E-state index contributed by atoms with van der Waals surface area (Å²) in [6.45, 7) is -1.20. The Morgan fingerprint density at radius 3 is 2.61 bits per heavy atom. The number of hydrogen-bond donors (Lipinski definition) is 1. The molecule has 0 aromatic heterocycles. The smallest absolute Gasteiger partial charge is 0.396 e. The van der Waals surface area contributed by atoms with Gasteiger partial charge in [-0.25, -0.2) is 4.39 Å². The van der Waals surface area contributed by atoms with Crippen LogP contribution in [-0.2, 0) is 4.74 Å². The summed E-state index contributed by atoms with van der Waals surface area (Å²) in [5, 5.41) is 0. The van der Waals surface area contributed by atoms with Crippen LogP contribution in [0.3, 0.4) is 0 Å². The molecule has 0 bridgehead atoms. The zero-order valence-corrected chi connectivity index (χ0v) is 10.3. The highest BCUT2D eigenvalue weighted by molar-refractivity contribution is 7.99. The van der Waals surface area contributed by atoms with E-state index in [2.05, 4.69) is 4.74 Å². The molecular weight excluding hydrogens is 270 g/mol. The van der Waals surface area contributed by atoms with Crippen LogP contribution in [0.2, 0.25) is 0 Å². The van der Waals surface area contributed by atoms with Crippen molar-refractivity contribution >= 4 is 17.4 Å². The lowest BCUT2D eigenvalue weighted by Gasteiger charge is -2.07. The van der Waals surface area contributed by atoms with Crippen molar-refractivity contribution < 1.29 is 22.3 Å².